The number of nitrogens with zero attached hydrogens (tertiary/aromatic N) is 5. The van der Waals surface area contributed by atoms with Crippen LogP contribution in [0.25, 0.3) is 5.78 Å². The Bertz CT molecular complexity index is 998. The van der Waals surface area contributed by atoms with Crippen molar-refractivity contribution in [3.8, 4) is 0 Å². The number of likely N-dealkylation sites (tertiary alicyclic amines) is 1. The SMILES string of the molecule is CCC(C)C(c1ccc(C)c(Cl)c1)N1CCCC(c2cc(C)nc3ncnn23)C1. The van der Waals surface area contributed by atoms with E-state index >= 15 is 0 Å². The van der Waals surface area contributed by atoms with Crippen LogP contribution in [0.15, 0.2) is 30.6 Å². The molecule has 1 aliphatic heterocycles. The molecule has 3 atom stereocenters. The molecule has 2 aromatic heterocycles. The standard InChI is InChI=1S/C23H30ClN5/c1-5-15(2)22(18-9-8-16(3)20(24)12-18)28-10-6-7-19(13-28)21-11-17(4)27-23-25-14-26-29(21)23/h8-9,11-12,14-15,19,22H,5-7,10,13H2,1-4H3. The molecule has 154 valence electrons. The van der Waals surface area contributed by atoms with Gasteiger partial charge in [0.15, 0.2) is 0 Å². The molecule has 1 saturated heterocycles. The van der Waals surface area contributed by atoms with E-state index in [0.29, 0.717) is 23.7 Å². The number of aryl methyl sites for hydroxylation is 2. The highest BCUT2D eigenvalue weighted by Gasteiger charge is 2.32. The molecule has 0 amide bonds. The molecule has 3 unspecified atom stereocenters. The number of halogens is 1. The summed E-state index contributed by atoms with van der Waals surface area (Å²) in [4.78, 5) is 11.5. The van der Waals surface area contributed by atoms with E-state index in [1.54, 1.807) is 6.33 Å². The van der Waals surface area contributed by atoms with Crippen molar-refractivity contribution in [1.29, 1.82) is 0 Å². The van der Waals surface area contributed by atoms with Crippen LogP contribution in [0, 0.1) is 19.8 Å². The first-order chi connectivity index (χ1) is 14.0. The normalized spacial score (nSPS) is 20.1. The van der Waals surface area contributed by atoms with Crippen LogP contribution in [-0.2, 0) is 0 Å². The van der Waals surface area contributed by atoms with Gasteiger partial charge in [0.2, 0.25) is 0 Å². The molecule has 5 nitrogen and oxygen atoms in total. The molecule has 0 radical (unpaired) electrons. The molecule has 0 bridgehead atoms. The van der Waals surface area contributed by atoms with Crippen molar-refractivity contribution < 1.29 is 0 Å². The maximum Gasteiger partial charge on any atom is 0.252 e. The van der Waals surface area contributed by atoms with Crippen LogP contribution >= 0.6 is 11.6 Å². The molecule has 1 aliphatic rings. The quantitative estimate of drug-likeness (QED) is 0.566. The minimum atomic E-state index is 0.370. The van der Waals surface area contributed by atoms with Gasteiger partial charge in [0, 0.05) is 29.2 Å². The van der Waals surface area contributed by atoms with Crippen LogP contribution in [-0.4, -0.2) is 37.6 Å². The Labute approximate surface area is 178 Å². The zero-order valence-corrected chi connectivity index (χ0v) is 18.5. The molecule has 0 saturated carbocycles. The molecule has 6 heteroatoms. The first-order valence-electron chi connectivity index (χ1n) is 10.6. The summed E-state index contributed by atoms with van der Waals surface area (Å²) in [7, 11) is 0. The van der Waals surface area contributed by atoms with Gasteiger partial charge in [-0.3, -0.25) is 4.90 Å². The summed E-state index contributed by atoms with van der Waals surface area (Å²) in [6.07, 6.45) is 5.08. The van der Waals surface area contributed by atoms with E-state index < -0.39 is 0 Å². The predicted molar refractivity (Wildman–Crippen MR) is 117 cm³/mol. The third kappa shape index (κ3) is 4.03. The molecule has 0 aliphatic carbocycles. The van der Waals surface area contributed by atoms with E-state index in [-0.39, 0.29) is 0 Å². The Balaban J connectivity index is 1.67. The average Bonchev–Trinajstić information content (AvgIpc) is 3.18. The first-order valence-corrected chi connectivity index (χ1v) is 11.0. The smallest absolute Gasteiger partial charge is 0.252 e. The van der Waals surface area contributed by atoms with Gasteiger partial charge < -0.3 is 0 Å². The molecular weight excluding hydrogens is 382 g/mol. The first kappa shape index (κ1) is 20.3. The van der Waals surface area contributed by atoms with Crippen LogP contribution in [0.4, 0.5) is 0 Å². The maximum absolute atomic E-state index is 6.50. The Morgan fingerprint density at radius 3 is 2.83 bits per heavy atom. The Kier molecular flexibility index (Phi) is 5.88. The van der Waals surface area contributed by atoms with E-state index in [0.717, 1.165) is 42.2 Å². The third-order valence-electron chi connectivity index (χ3n) is 6.39. The van der Waals surface area contributed by atoms with Crippen LogP contribution in [0.5, 0.6) is 0 Å². The number of piperidine rings is 1. The van der Waals surface area contributed by atoms with Crippen LogP contribution in [0.1, 0.15) is 67.6 Å². The summed E-state index contributed by atoms with van der Waals surface area (Å²) in [5.41, 5.74) is 4.68. The summed E-state index contributed by atoms with van der Waals surface area (Å²) in [6, 6.07) is 9.13. The minimum absolute atomic E-state index is 0.370. The van der Waals surface area contributed by atoms with E-state index in [2.05, 4.69) is 65.0 Å². The fraction of sp³-hybridized carbons (Fsp3) is 0.522. The van der Waals surface area contributed by atoms with Crippen molar-refractivity contribution >= 4 is 17.4 Å². The predicted octanol–water partition coefficient (Wildman–Crippen LogP) is 5.36. The molecule has 0 spiro atoms. The van der Waals surface area contributed by atoms with E-state index in [4.69, 9.17) is 11.6 Å². The topological polar surface area (TPSA) is 46.3 Å². The zero-order chi connectivity index (χ0) is 20.5. The molecule has 4 rings (SSSR count). The largest absolute Gasteiger partial charge is 0.295 e. The second kappa shape index (κ2) is 8.41. The lowest BCUT2D eigenvalue weighted by Gasteiger charge is -2.41. The van der Waals surface area contributed by atoms with Gasteiger partial charge in [0.1, 0.15) is 6.33 Å². The van der Waals surface area contributed by atoms with Gasteiger partial charge in [0.25, 0.3) is 5.78 Å². The third-order valence-corrected chi connectivity index (χ3v) is 6.80. The fourth-order valence-electron chi connectivity index (χ4n) is 4.67. The van der Waals surface area contributed by atoms with E-state index in [1.165, 1.54) is 17.7 Å². The van der Waals surface area contributed by atoms with E-state index in [1.807, 2.05) is 11.4 Å². The molecule has 3 heterocycles. The Morgan fingerprint density at radius 1 is 1.24 bits per heavy atom. The second-order valence-corrected chi connectivity index (χ2v) is 8.87. The average molecular weight is 412 g/mol. The van der Waals surface area contributed by atoms with Gasteiger partial charge in [-0.05, 0) is 62.4 Å². The van der Waals surface area contributed by atoms with Crippen molar-refractivity contribution in [1.82, 2.24) is 24.5 Å². The minimum Gasteiger partial charge on any atom is -0.295 e. The summed E-state index contributed by atoms with van der Waals surface area (Å²) in [5, 5.41) is 5.30. The number of aromatic nitrogens is 4. The van der Waals surface area contributed by atoms with Crippen LogP contribution in [0.2, 0.25) is 5.02 Å². The highest BCUT2D eigenvalue weighted by atomic mass is 35.5. The molecule has 29 heavy (non-hydrogen) atoms. The lowest BCUT2D eigenvalue weighted by molar-refractivity contribution is 0.107. The van der Waals surface area contributed by atoms with Crippen molar-refractivity contribution in [2.24, 2.45) is 5.92 Å². The van der Waals surface area contributed by atoms with Crippen LogP contribution in [0.3, 0.4) is 0 Å². The number of hydrogen-bond donors (Lipinski definition) is 0. The summed E-state index contributed by atoms with van der Waals surface area (Å²) in [6.45, 7) is 10.9. The maximum atomic E-state index is 6.50. The fourth-order valence-corrected chi connectivity index (χ4v) is 4.85. The van der Waals surface area contributed by atoms with Gasteiger partial charge in [-0.25, -0.2) is 9.50 Å². The van der Waals surface area contributed by atoms with Crippen molar-refractivity contribution in [3.05, 3.63) is 58.1 Å². The van der Waals surface area contributed by atoms with Gasteiger partial charge in [0.05, 0.1) is 5.69 Å². The monoisotopic (exact) mass is 411 g/mol. The van der Waals surface area contributed by atoms with Crippen molar-refractivity contribution in [2.75, 3.05) is 13.1 Å². The van der Waals surface area contributed by atoms with Gasteiger partial charge in [-0.15, -0.1) is 0 Å². The summed E-state index contributed by atoms with van der Waals surface area (Å²) < 4.78 is 1.92. The molecule has 1 aromatic carbocycles. The van der Waals surface area contributed by atoms with Gasteiger partial charge >= 0.3 is 0 Å². The van der Waals surface area contributed by atoms with Gasteiger partial charge in [-0.2, -0.15) is 10.1 Å². The summed E-state index contributed by atoms with van der Waals surface area (Å²) in [5.74, 6) is 1.67. The van der Waals surface area contributed by atoms with Crippen molar-refractivity contribution in [2.45, 2.75) is 58.9 Å². The number of benzene rings is 1. The number of hydrogen-bond acceptors (Lipinski definition) is 4. The lowest BCUT2D eigenvalue weighted by atomic mass is 9.86. The number of rotatable bonds is 5. The Hall–Kier alpha value is -1.98. The highest BCUT2D eigenvalue weighted by Crippen LogP contribution is 2.38. The molecule has 1 fully saturated rings. The lowest BCUT2D eigenvalue weighted by Crippen LogP contribution is -2.40. The zero-order valence-electron chi connectivity index (χ0n) is 17.8. The Morgan fingerprint density at radius 2 is 2.07 bits per heavy atom. The van der Waals surface area contributed by atoms with Crippen molar-refractivity contribution in [3.63, 3.8) is 0 Å². The molecular formula is C23H30ClN5. The van der Waals surface area contributed by atoms with E-state index in [9.17, 15) is 0 Å². The molecule has 3 aromatic rings. The molecule has 0 N–H and O–H groups in total. The number of fused-ring (bicyclic) bond motifs is 1. The van der Waals surface area contributed by atoms with Gasteiger partial charge in [-0.1, -0.05) is 44.0 Å². The highest BCUT2D eigenvalue weighted by molar-refractivity contribution is 6.31. The summed E-state index contributed by atoms with van der Waals surface area (Å²) >= 11 is 6.50. The van der Waals surface area contributed by atoms with Crippen LogP contribution < -0.4 is 0 Å². The second-order valence-electron chi connectivity index (χ2n) is 8.47.